The van der Waals surface area contributed by atoms with Crippen molar-refractivity contribution in [1.82, 2.24) is 5.32 Å². The number of amides is 1. The number of oxime groups is 1. The van der Waals surface area contributed by atoms with Crippen LogP contribution in [0.3, 0.4) is 0 Å². The monoisotopic (exact) mass is 228 g/mol. The fourth-order valence-corrected chi connectivity index (χ4v) is 1.73. The summed E-state index contributed by atoms with van der Waals surface area (Å²) in [4.78, 5) is 11.5. The average Bonchev–Trinajstić information content (AvgIpc) is 2.15. The fourth-order valence-electron chi connectivity index (χ4n) is 1.73. The van der Waals surface area contributed by atoms with Gasteiger partial charge in [0.05, 0.1) is 5.71 Å². The van der Waals surface area contributed by atoms with E-state index in [1.807, 2.05) is 20.8 Å². The van der Waals surface area contributed by atoms with Crippen LogP contribution in [-0.2, 0) is 4.74 Å². The van der Waals surface area contributed by atoms with Crippen LogP contribution in [0.4, 0.5) is 4.79 Å². The summed E-state index contributed by atoms with van der Waals surface area (Å²) in [6.07, 6.45) is 2.84. The molecule has 0 aromatic rings. The van der Waals surface area contributed by atoms with Crippen LogP contribution in [-0.4, -0.2) is 28.7 Å². The van der Waals surface area contributed by atoms with Crippen molar-refractivity contribution in [3.05, 3.63) is 0 Å². The number of rotatable bonds is 1. The summed E-state index contributed by atoms with van der Waals surface area (Å²) in [5.41, 5.74) is 0.263. The van der Waals surface area contributed by atoms with Crippen molar-refractivity contribution in [1.29, 1.82) is 0 Å². The number of nitrogens with zero attached hydrogens (tertiary/aromatic N) is 1. The van der Waals surface area contributed by atoms with E-state index in [4.69, 9.17) is 9.94 Å². The molecule has 5 nitrogen and oxygen atoms in total. The molecule has 1 atom stereocenters. The topological polar surface area (TPSA) is 70.9 Å². The standard InChI is InChI=1S/C11H20N2O3/c1-11(2,3)16-10(14)12-8-5-4-6-9(7-8)13-15/h8,15H,4-7H2,1-3H3,(H,12,14). The van der Waals surface area contributed by atoms with E-state index < -0.39 is 11.7 Å². The Bertz CT molecular complexity index is 281. The summed E-state index contributed by atoms with van der Waals surface area (Å²) in [6.45, 7) is 5.48. The lowest BCUT2D eigenvalue weighted by Crippen LogP contribution is -2.41. The lowest BCUT2D eigenvalue weighted by Gasteiger charge is -2.26. The Kier molecular flexibility index (Phi) is 4.15. The second-order valence-corrected chi connectivity index (χ2v) is 5.11. The maximum Gasteiger partial charge on any atom is 0.407 e. The van der Waals surface area contributed by atoms with Crippen LogP contribution in [0.1, 0.15) is 46.5 Å². The summed E-state index contributed by atoms with van der Waals surface area (Å²) in [5.74, 6) is 0. The van der Waals surface area contributed by atoms with Crippen molar-refractivity contribution in [2.24, 2.45) is 5.16 Å². The zero-order valence-corrected chi connectivity index (χ0v) is 10.1. The molecule has 0 saturated heterocycles. The molecule has 0 radical (unpaired) electrons. The first-order valence-electron chi connectivity index (χ1n) is 5.60. The van der Waals surface area contributed by atoms with Gasteiger partial charge in [-0.2, -0.15) is 0 Å². The highest BCUT2D eigenvalue weighted by molar-refractivity contribution is 5.85. The Morgan fingerprint density at radius 3 is 2.81 bits per heavy atom. The zero-order valence-electron chi connectivity index (χ0n) is 10.1. The summed E-state index contributed by atoms with van der Waals surface area (Å²) in [6, 6.07) is 0.0227. The van der Waals surface area contributed by atoms with Gasteiger partial charge in [-0.1, -0.05) is 5.16 Å². The van der Waals surface area contributed by atoms with E-state index >= 15 is 0 Å². The van der Waals surface area contributed by atoms with Crippen molar-refractivity contribution in [2.45, 2.75) is 58.1 Å². The molecule has 1 aliphatic carbocycles. The maximum atomic E-state index is 11.5. The van der Waals surface area contributed by atoms with E-state index in [1.54, 1.807) is 0 Å². The van der Waals surface area contributed by atoms with Gasteiger partial charge in [0.1, 0.15) is 5.60 Å². The van der Waals surface area contributed by atoms with Gasteiger partial charge in [-0.3, -0.25) is 0 Å². The molecule has 16 heavy (non-hydrogen) atoms. The number of ether oxygens (including phenoxy) is 1. The number of hydrogen-bond donors (Lipinski definition) is 2. The Hall–Kier alpha value is -1.26. The molecular formula is C11H20N2O3. The predicted molar refractivity (Wildman–Crippen MR) is 60.8 cm³/mol. The van der Waals surface area contributed by atoms with Gasteiger partial charge in [-0.15, -0.1) is 0 Å². The van der Waals surface area contributed by atoms with E-state index in [9.17, 15) is 4.79 Å². The lowest BCUT2D eigenvalue weighted by molar-refractivity contribution is 0.0501. The van der Waals surface area contributed by atoms with Gasteiger partial charge in [-0.25, -0.2) is 4.79 Å². The summed E-state index contributed by atoms with van der Waals surface area (Å²) in [5, 5.41) is 14.7. The van der Waals surface area contributed by atoms with Crippen LogP contribution in [0, 0.1) is 0 Å². The molecule has 0 spiro atoms. The Balaban J connectivity index is 2.39. The predicted octanol–water partition coefficient (Wildman–Crippen LogP) is 2.28. The Morgan fingerprint density at radius 2 is 2.25 bits per heavy atom. The van der Waals surface area contributed by atoms with Crippen molar-refractivity contribution in [2.75, 3.05) is 0 Å². The van der Waals surface area contributed by atoms with E-state index in [0.29, 0.717) is 6.42 Å². The minimum Gasteiger partial charge on any atom is -0.444 e. The van der Waals surface area contributed by atoms with Gasteiger partial charge in [0.25, 0.3) is 0 Å². The van der Waals surface area contributed by atoms with Crippen LogP contribution in [0.15, 0.2) is 5.16 Å². The number of carbonyl (C=O) groups is 1. The molecule has 1 saturated carbocycles. The first kappa shape index (κ1) is 12.8. The third-order valence-electron chi connectivity index (χ3n) is 2.36. The highest BCUT2D eigenvalue weighted by atomic mass is 16.6. The van der Waals surface area contributed by atoms with E-state index in [2.05, 4.69) is 10.5 Å². The lowest BCUT2D eigenvalue weighted by atomic mass is 9.94. The highest BCUT2D eigenvalue weighted by Crippen LogP contribution is 2.16. The van der Waals surface area contributed by atoms with Gasteiger partial charge >= 0.3 is 6.09 Å². The molecule has 0 aromatic carbocycles. The highest BCUT2D eigenvalue weighted by Gasteiger charge is 2.23. The van der Waals surface area contributed by atoms with Gasteiger partial charge in [0.15, 0.2) is 0 Å². The normalized spacial score (nSPS) is 24.2. The summed E-state index contributed by atoms with van der Waals surface area (Å²) in [7, 11) is 0. The Morgan fingerprint density at radius 1 is 1.56 bits per heavy atom. The van der Waals surface area contributed by atoms with Crippen LogP contribution in [0.2, 0.25) is 0 Å². The van der Waals surface area contributed by atoms with Crippen LogP contribution in [0.5, 0.6) is 0 Å². The molecule has 0 bridgehead atoms. The van der Waals surface area contributed by atoms with Crippen molar-refractivity contribution >= 4 is 11.8 Å². The summed E-state index contributed by atoms with van der Waals surface area (Å²) < 4.78 is 5.16. The maximum absolute atomic E-state index is 11.5. The molecule has 1 fully saturated rings. The molecule has 0 heterocycles. The molecule has 2 N–H and O–H groups in total. The number of carbonyl (C=O) groups excluding carboxylic acids is 1. The molecular weight excluding hydrogens is 208 g/mol. The van der Waals surface area contributed by atoms with Gasteiger partial charge in [-0.05, 0) is 40.0 Å². The molecule has 5 heteroatoms. The minimum absolute atomic E-state index is 0.0227. The van der Waals surface area contributed by atoms with E-state index in [1.165, 1.54) is 0 Å². The molecule has 1 rings (SSSR count). The van der Waals surface area contributed by atoms with E-state index in [0.717, 1.165) is 25.0 Å². The van der Waals surface area contributed by atoms with Crippen molar-refractivity contribution in [3.63, 3.8) is 0 Å². The third-order valence-corrected chi connectivity index (χ3v) is 2.36. The largest absolute Gasteiger partial charge is 0.444 e. The summed E-state index contributed by atoms with van der Waals surface area (Å²) >= 11 is 0. The second kappa shape index (κ2) is 5.18. The molecule has 1 aliphatic rings. The minimum atomic E-state index is -0.480. The molecule has 0 aliphatic heterocycles. The molecule has 92 valence electrons. The van der Waals surface area contributed by atoms with Crippen LogP contribution in [0.25, 0.3) is 0 Å². The molecule has 1 amide bonds. The number of hydrogen-bond acceptors (Lipinski definition) is 4. The average molecular weight is 228 g/mol. The van der Waals surface area contributed by atoms with Crippen LogP contribution >= 0.6 is 0 Å². The smallest absolute Gasteiger partial charge is 0.407 e. The molecule has 1 unspecified atom stereocenters. The SMILES string of the molecule is CC(C)(C)OC(=O)NC1CCCC(=NO)C1. The first-order valence-corrected chi connectivity index (χ1v) is 5.60. The second-order valence-electron chi connectivity index (χ2n) is 5.11. The Labute approximate surface area is 95.9 Å². The van der Waals surface area contributed by atoms with Gasteiger partial charge in [0.2, 0.25) is 0 Å². The number of alkyl carbamates (subject to hydrolysis) is 1. The van der Waals surface area contributed by atoms with Crippen LogP contribution < -0.4 is 5.32 Å². The third kappa shape index (κ3) is 4.51. The van der Waals surface area contributed by atoms with Crippen molar-refractivity contribution < 1.29 is 14.7 Å². The molecule has 0 aromatic heterocycles. The zero-order chi connectivity index (χ0) is 12.2. The van der Waals surface area contributed by atoms with Gasteiger partial charge < -0.3 is 15.3 Å². The fraction of sp³-hybridized carbons (Fsp3) is 0.818. The first-order chi connectivity index (χ1) is 7.40. The van der Waals surface area contributed by atoms with Crippen molar-refractivity contribution in [3.8, 4) is 0 Å². The quantitative estimate of drug-likeness (QED) is 0.534. The van der Waals surface area contributed by atoms with E-state index in [-0.39, 0.29) is 6.04 Å². The number of nitrogens with one attached hydrogen (secondary N) is 1. The van der Waals surface area contributed by atoms with Gasteiger partial charge in [0, 0.05) is 12.5 Å².